The monoisotopic (exact) mass is 459 g/mol. The van der Waals surface area contributed by atoms with Crippen LogP contribution in [0.4, 0.5) is 0 Å². The molecule has 1 atom stereocenters. The van der Waals surface area contributed by atoms with Crippen molar-refractivity contribution in [2.45, 2.75) is 37.8 Å². The maximum Gasteiger partial charge on any atom is 0.243 e. The summed E-state index contributed by atoms with van der Waals surface area (Å²) in [6, 6.07) is 13.1. The molecule has 142 valence electrons. The zero-order chi connectivity index (χ0) is 19.3. The zero-order valence-corrected chi connectivity index (χ0v) is 17.9. The summed E-state index contributed by atoms with van der Waals surface area (Å²) in [6.07, 6.45) is 0.569. The predicted octanol–water partition coefficient (Wildman–Crippen LogP) is 4.70. The minimum Gasteiger partial charge on any atom is -0.395 e. The van der Waals surface area contributed by atoms with Gasteiger partial charge in [0.1, 0.15) is 0 Å². The molecule has 0 amide bonds. The molecule has 1 N–H and O–H groups in total. The highest BCUT2D eigenvalue weighted by Gasteiger charge is 2.31. The van der Waals surface area contributed by atoms with Gasteiger partial charge in [-0.2, -0.15) is 4.31 Å². The molecule has 0 heterocycles. The molecule has 0 bridgehead atoms. The number of aliphatic hydroxyl groups is 1. The Morgan fingerprint density at radius 3 is 2.15 bits per heavy atom. The van der Waals surface area contributed by atoms with E-state index in [9.17, 15) is 13.5 Å². The summed E-state index contributed by atoms with van der Waals surface area (Å²) in [5.41, 5.74) is 0.855. The molecule has 2 aromatic carbocycles. The van der Waals surface area contributed by atoms with E-state index < -0.39 is 16.1 Å². The Bertz CT molecular complexity index is 808. The number of halogens is 2. The van der Waals surface area contributed by atoms with E-state index in [1.54, 1.807) is 12.1 Å². The van der Waals surface area contributed by atoms with Crippen LogP contribution in [0, 0.1) is 5.92 Å². The SMILES string of the molecule is CC(C)C[C@H](CO)N(Cc1ccc(Br)cc1)S(=O)(=O)c1ccc(Cl)cc1. The van der Waals surface area contributed by atoms with Gasteiger partial charge in [0, 0.05) is 22.1 Å². The van der Waals surface area contributed by atoms with Crippen LogP contribution >= 0.6 is 27.5 Å². The lowest BCUT2D eigenvalue weighted by Gasteiger charge is -2.31. The maximum absolute atomic E-state index is 13.3. The van der Waals surface area contributed by atoms with E-state index >= 15 is 0 Å². The summed E-state index contributed by atoms with van der Waals surface area (Å²) in [4.78, 5) is 0.168. The summed E-state index contributed by atoms with van der Waals surface area (Å²) in [5.74, 6) is 0.250. The van der Waals surface area contributed by atoms with Gasteiger partial charge in [0.15, 0.2) is 0 Å². The van der Waals surface area contributed by atoms with E-state index in [4.69, 9.17) is 11.6 Å². The zero-order valence-electron chi connectivity index (χ0n) is 14.8. The Labute approximate surface area is 169 Å². The molecule has 0 unspecified atom stereocenters. The van der Waals surface area contributed by atoms with Crippen LogP contribution in [-0.2, 0) is 16.6 Å². The highest BCUT2D eigenvalue weighted by molar-refractivity contribution is 9.10. The number of hydrogen-bond acceptors (Lipinski definition) is 3. The van der Waals surface area contributed by atoms with Crippen LogP contribution in [0.2, 0.25) is 5.02 Å². The molecule has 7 heteroatoms. The first-order valence-electron chi connectivity index (χ1n) is 8.36. The normalized spacial score (nSPS) is 13.3. The van der Waals surface area contributed by atoms with Crippen molar-refractivity contribution in [3.8, 4) is 0 Å². The van der Waals surface area contributed by atoms with E-state index in [0.717, 1.165) is 10.0 Å². The van der Waals surface area contributed by atoms with Gasteiger partial charge in [-0.3, -0.25) is 0 Å². The van der Waals surface area contributed by atoms with E-state index in [1.165, 1.54) is 16.4 Å². The summed E-state index contributed by atoms with van der Waals surface area (Å²) < 4.78 is 28.8. The fourth-order valence-electron chi connectivity index (χ4n) is 2.75. The van der Waals surface area contributed by atoms with Gasteiger partial charge in [0.05, 0.1) is 11.5 Å². The number of benzene rings is 2. The first-order valence-corrected chi connectivity index (χ1v) is 11.0. The molecule has 0 spiro atoms. The molecule has 0 fully saturated rings. The predicted molar refractivity (Wildman–Crippen MR) is 109 cm³/mol. The maximum atomic E-state index is 13.3. The number of nitrogens with zero attached hydrogens (tertiary/aromatic N) is 1. The molecule has 0 aliphatic rings. The second-order valence-corrected chi connectivity index (χ2v) is 9.84. The van der Waals surface area contributed by atoms with Crippen molar-refractivity contribution >= 4 is 37.6 Å². The van der Waals surface area contributed by atoms with E-state index in [0.29, 0.717) is 11.4 Å². The molecule has 4 nitrogen and oxygen atoms in total. The lowest BCUT2D eigenvalue weighted by Crippen LogP contribution is -2.42. The smallest absolute Gasteiger partial charge is 0.243 e. The molecule has 2 aromatic rings. The van der Waals surface area contributed by atoms with Crippen molar-refractivity contribution in [3.05, 3.63) is 63.6 Å². The van der Waals surface area contributed by atoms with Gasteiger partial charge in [-0.1, -0.05) is 53.5 Å². The van der Waals surface area contributed by atoms with Gasteiger partial charge < -0.3 is 5.11 Å². The highest BCUT2D eigenvalue weighted by Crippen LogP contribution is 2.25. The quantitative estimate of drug-likeness (QED) is 0.621. The number of hydrogen-bond donors (Lipinski definition) is 1. The van der Waals surface area contributed by atoms with Gasteiger partial charge in [0.25, 0.3) is 0 Å². The average Bonchev–Trinajstić information content (AvgIpc) is 2.59. The fourth-order valence-corrected chi connectivity index (χ4v) is 4.75. The van der Waals surface area contributed by atoms with Crippen molar-refractivity contribution < 1.29 is 13.5 Å². The molecule has 0 aliphatic heterocycles. The summed E-state index contributed by atoms with van der Waals surface area (Å²) in [7, 11) is -3.78. The first kappa shape index (κ1) is 21.4. The molecular weight excluding hydrogens is 438 g/mol. The minimum atomic E-state index is -3.78. The molecule has 2 rings (SSSR count). The number of aliphatic hydroxyl groups excluding tert-OH is 1. The number of rotatable bonds is 8. The third-order valence-corrected chi connectivity index (χ3v) is 6.73. The van der Waals surface area contributed by atoms with Gasteiger partial charge >= 0.3 is 0 Å². The van der Waals surface area contributed by atoms with Crippen LogP contribution in [0.3, 0.4) is 0 Å². The summed E-state index contributed by atoms with van der Waals surface area (Å²) in [6.45, 7) is 3.97. The van der Waals surface area contributed by atoms with Crippen molar-refractivity contribution in [2.75, 3.05) is 6.61 Å². The van der Waals surface area contributed by atoms with E-state index in [-0.39, 0.29) is 24.0 Å². The Kier molecular flexibility index (Phi) is 7.67. The van der Waals surface area contributed by atoms with Crippen LogP contribution in [0.1, 0.15) is 25.8 Å². The molecule has 0 aliphatic carbocycles. The third-order valence-electron chi connectivity index (χ3n) is 4.03. The number of sulfonamides is 1. The van der Waals surface area contributed by atoms with E-state index in [1.807, 2.05) is 38.1 Å². The summed E-state index contributed by atoms with van der Waals surface area (Å²) >= 11 is 9.28. The van der Waals surface area contributed by atoms with Crippen LogP contribution in [0.5, 0.6) is 0 Å². The van der Waals surface area contributed by atoms with Crippen LogP contribution in [0.25, 0.3) is 0 Å². The van der Waals surface area contributed by atoms with Gasteiger partial charge in [-0.05, 0) is 54.3 Å². The molecule has 0 aromatic heterocycles. The largest absolute Gasteiger partial charge is 0.395 e. The molecular formula is C19H23BrClNO3S. The lowest BCUT2D eigenvalue weighted by atomic mass is 10.0. The molecule has 0 saturated heterocycles. The highest BCUT2D eigenvalue weighted by atomic mass is 79.9. The standard InChI is InChI=1S/C19H23BrClNO3S/c1-14(2)11-18(13-23)22(12-15-3-5-16(20)6-4-15)26(24,25)19-9-7-17(21)8-10-19/h3-10,14,18,23H,11-13H2,1-2H3/t18-/m1/s1. The van der Waals surface area contributed by atoms with Crippen molar-refractivity contribution in [1.82, 2.24) is 4.31 Å². The Morgan fingerprint density at radius 2 is 1.65 bits per heavy atom. The van der Waals surface area contributed by atoms with Gasteiger partial charge in [0.2, 0.25) is 10.0 Å². The fraction of sp³-hybridized carbons (Fsp3) is 0.368. The average molecular weight is 461 g/mol. The van der Waals surface area contributed by atoms with Crippen molar-refractivity contribution in [2.24, 2.45) is 5.92 Å². The molecule has 0 radical (unpaired) electrons. The van der Waals surface area contributed by atoms with Crippen molar-refractivity contribution in [3.63, 3.8) is 0 Å². The van der Waals surface area contributed by atoms with E-state index in [2.05, 4.69) is 15.9 Å². The minimum absolute atomic E-state index is 0.168. The first-order chi connectivity index (χ1) is 12.2. The lowest BCUT2D eigenvalue weighted by molar-refractivity contribution is 0.164. The van der Waals surface area contributed by atoms with Crippen LogP contribution in [-0.4, -0.2) is 30.5 Å². The Balaban J connectivity index is 2.43. The van der Waals surface area contributed by atoms with Crippen LogP contribution in [0.15, 0.2) is 57.9 Å². The third kappa shape index (κ3) is 5.54. The summed E-state index contributed by atoms with van der Waals surface area (Å²) in [5, 5.41) is 10.4. The van der Waals surface area contributed by atoms with Gasteiger partial charge in [-0.25, -0.2) is 8.42 Å². The Morgan fingerprint density at radius 1 is 1.08 bits per heavy atom. The molecule has 0 saturated carbocycles. The second kappa shape index (κ2) is 9.33. The topological polar surface area (TPSA) is 57.6 Å². The van der Waals surface area contributed by atoms with Crippen molar-refractivity contribution in [1.29, 1.82) is 0 Å². The van der Waals surface area contributed by atoms with Crippen LogP contribution < -0.4 is 0 Å². The Hall–Kier alpha value is -0.920. The second-order valence-electron chi connectivity index (χ2n) is 6.60. The molecule has 26 heavy (non-hydrogen) atoms. The van der Waals surface area contributed by atoms with Gasteiger partial charge in [-0.15, -0.1) is 0 Å².